The van der Waals surface area contributed by atoms with Gasteiger partial charge in [0.05, 0.1) is 18.8 Å². The number of benzene rings is 2. The molecule has 2 aromatic rings. The van der Waals surface area contributed by atoms with Crippen LogP contribution in [0.25, 0.3) is 0 Å². The molecular formula is C19H23ClN2O2. The van der Waals surface area contributed by atoms with Gasteiger partial charge in [-0.3, -0.25) is 9.69 Å². The predicted octanol–water partition coefficient (Wildman–Crippen LogP) is 4.20. The van der Waals surface area contributed by atoms with Gasteiger partial charge in [-0.2, -0.15) is 0 Å². The lowest BCUT2D eigenvalue weighted by molar-refractivity contribution is -0.120. The second-order valence-electron chi connectivity index (χ2n) is 5.56. The summed E-state index contributed by atoms with van der Waals surface area (Å²) in [5, 5.41) is 3.46. The van der Waals surface area contributed by atoms with Crippen LogP contribution < -0.4 is 10.1 Å². The van der Waals surface area contributed by atoms with Crippen molar-refractivity contribution in [2.24, 2.45) is 0 Å². The second kappa shape index (κ2) is 8.71. The summed E-state index contributed by atoms with van der Waals surface area (Å²) >= 11 is 6.02. The van der Waals surface area contributed by atoms with E-state index in [9.17, 15) is 4.79 Å². The van der Waals surface area contributed by atoms with E-state index in [1.165, 1.54) is 5.56 Å². The number of halogens is 1. The first kappa shape index (κ1) is 18.3. The molecule has 1 atom stereocenters. The number of anilines is 1. The van der Waals surface area contributed by atoms with Crippen molar-refractivity contribution in [3.05, 3.63) is 59.1 Å². The lowest BCUT2D eigenvalue weighted by atomic mass is 10.1. The topological polar surface area (TPSA) is 41.6 Å². The van der Waals surface area contributed by atoms with E-state index in [1.54, 1.807) is 25.3 Å². The number of carbonyl (C=O) groups excluding carboxylic acids is 1. The molecule has 0 aliphatic rings. The highest BCUT2D eigenvalue weighted by atomic mass is 35.5. The highest BCUT2D eigenvalue weighted by Gasteiger charge is 2.21. The number of ether oxygens (including phenoxy) is 1. The fourth-order valence-corrected chi connectivity index (χ4v) is 2.69. The summed E-state index contributed by atoms with van der Waals surface area (Å²) in [5.74, 6) is 0.499. The first-order valence-electron chi connectivity index (χ1n) is 7.97. The Morgan fingerprint density at radius 1 is 1.25 bits per heavy atom. The highest BCUT2D eigenvalue weighted by Crippen LogP contribution is 2.28. The van der Waals surface area contributed by atoms with Crippen molar-refractivity contribution in [1.82, 2.24) is 4.90 Å². The average molecular weight is 347 g/mol. The summed E-state index contributed by atoms with van der Waals surface area (Å²) in [5.41, 5.74) is 1.76. The van der Waals surface area contributed by atoms with Crippen molar-refractivity contribution in [2.45, 2.75) is 26.4 Å². The van der Waals surface area contributed by atoms with Crippen LogP contribution in [0.15, 0.2) is 48.5 Å². The largest absolute Gasteiger partial charge is 0.495 e. The molecule has 0 heterocycles. The van der Waals surface area contributed by atoms with Gasteiger partial charge < -0.3 is 10.1 Å². The third-order valence-electron chi connectivity index (χ3n) is 3.98. The maximum absolute atomic E-state index is 12.6. The molecule has 24 heavy (non-hydrogen) atoms. The van der Waals surface area contributed by atoms with Crippen molar-refractivity contribution in [3.8, 4) is 5.75 Å². The normalized spacial score (nSPS) is 12.0. The molecule has 128 valence electrons. The summed E-state index contributed by atoms with van der Waals surface area (Å²) in [6, 6.07) is 15.0. The van der Waals surface area contributed by atoms with Gasteiger partial charge in [-0.05, 0) is 37.2 Å². The van der Waals surface area contributed by atoms with E-state index in [4.69, 9.17) is 16.3 Å². The Balaban J connectivity index is 2.09. The van der Waals surface area contributed by atoms with E-state index in [2.05, 4.69) is 22.3 Å². The number of nitrogens with zero attached hydrogens (tertiary/aromatic N) is 1. The summed E-state index contributed by atoms with van der Waals surface area (Å²) in [7, 11) is 1.57. The minimum absolute atomic E-state index is 0.0895. The molecule has 1 amide bonds. The standard InChI is InChI=1S/C19H23ClN2O2/c1-4-22(13-15-8-6-5-7-9-15)14(2)19(23)21-17-12-16(20)10-11-18(17)24-3/h5-12,14H,4,13H2,1-3H3,(H,21,23). The van der Waals surface area contributed by atoms with Crippen LogP contribution in [-0.2, 0) is 11.3 Å². The van der Waals surface area contributed by atoms with Crippen LogP contribution in [0.5, 0.6) is 5.75 Å². The zero-order valence-corrected chi connectivity index (χ0v) is 15.0. The molecule has 5 heteroatoms. The third kappa shape index (κ3) is 4.73. The Labute approximate surface area is 148 Å². The monoisotopic (exact) mass is 346 g/mol. The van der Waals surface area contributed by atoms with E-state index in [1.807, 2.05) is 32.0 Å². The maximum atomic E-state index is 12.6. The number of nitrogens with one attached hydrogen (secondary N) is 1. The van der Waals surface area contributed by atoms with Gasteiger partial charge in [0.1, 0.15) is 5.75 Å². The van der Waals surface area contributed by atoms with Gasteiger partial charge in [0.2, 0.25) is 5.91 Å². The van der Waals surface area contributed by atoms with Gasteiger partial charge in [-0.1, -0.05) is 48.9 Å². The maximum Gasteiger partial charge on any atom is 0.241 e. The lowest BCUT2D eigenvalue weighted by Crippen LogP contribution is -2.41. The van der Waals surface area contributed by atoms with Gasteiger partial charge in [0.25, 0.3) is 0 Å². The Bertz CT molecular complexity index is 676. The number of likely N-dealkylation sites (N-methyl/N-ethyl adjacent to an activating group) is 1. The van der Waals surface area contributed by atoms with E-state index < -0.39 is 0 Å². The van der Waals surface area contributed by atoms with Gasteiger partial charge in [0, 0.05) is 11.6 Å². The van der Waals surface area contributed by atoms with Crippen LogP contribution in [0.2, 0.25) is 5.02 Å². The van der Waals surface area contributed by atoms with Crippen molar-refractivity contribution >= 4 is 23.2 Å². The summed E-state index contributed by atoms with van der Waals surface area (Å²) in [6.45, 7) is 5.44. The van der Waals surface area contributed by atoms with Crippen LogP contribution in [0.4, 0.5) is 5.69 Å². The zero-order valence-electron chi connectivity index (χ0n) is 14.3. The smallest absolute Gasteiger partial charge is 0.241 e. The minimum Gasteiger partial charge on any atom is -0.495 e. The molecule has 0 aliphatic heterocycles. The molecule has 0 aliphatic carbocycles. The van der Waals surface area contributed by atoms with E-state index in [0.717, 1.165) is 13.1 Å². The molecular weight excluding hydrogens is 324 g/mol. The Morgan fingerprint density at radius 3 is 2.58 bits per heavy atom. The number of rotatable bonds is 7. The highest BCUT2D eigenvalue weighted by molar-refractivity contribution is 6.31. The first-order chi connectivity index (χ1) is 11.5. The fourth-order valence-electron chi connectivity index (χ4n) is 2.52. The number of hydrogen-bond acceptors (Lipinski definition) is 3. The lowest BCUT2D eigenvalue weighted by Gasteiger charge is -2.27. The molecule has 2 aromatic carbocycles. The first-order valence-corrected chi connectivity index (χ1v) is 8.35. The van der Waals surface area contributed by atoms with Gasteiger partial charge in [0.15, 0.2) is 0 Å². The summed E-state index contributed by atoms with van der Waals surface area (Å²) in [6.07, 6.45) is 0. The number of hydrogen-bond donors (Lipinski definition) is 1. The molecule has 1 N–H and O–H groups in total. The number of methoxy groups -OCH3 is 1. The molecule has 2 rings (SSSR count). The van der Waals surface area contributed by atoms with Crippen LogP contribution in [0.3, 0.4) is 0 Å². The molecule has 0 fully saturated rings. The molecule has 0 aromatic heterocycles. The van der Waals surface area contributed by atoms with E-state index in [-0.39, 0.29) is 11.9 Å². The van der Waals surface area contributed by atoms with E-state index >= 15 is 0 Å². The van der Waals surface area contributed by atoms with E-state index in [0.29, 0.717) is 16.5 Å². The molecule has 0 radical (unpaired) electrons. The average Bonchev–Trinajstić information content (AvgIpc) is 2.60. The molecule has 0 bridgehead atoms. The molecule has 4 nitrogen and oxygen atoms in total. The summed E-state index contributed by atoms with van der Waals surface area (Å²) in [4.78, 5) is 14.7. The number of amides is 1. The van der Waals surface area contributed by atoms with Crippen LogP contribution in [-0.4, -0.2) is 30.5 Å². The predicted molar refractivity (Wildman–Crippen MR) is 98.6 cm³/mol. The van der Waals surface area contributed by atoms with Crippen molar-refractivity contribution in [3.63, 3.8) is 0 Å². The molecule has 0 saturated heterocycles. The van der Waals surface area contributed by atoms with Crippen molar-refractivity contribution in [2.75, 3.05) is 19.0 Å². The minimum atomic E-state index is -0.279. The van der Waals surface area contributed by atoms with Gasteiger partial charge in [-0.15, -0.1) is 0 Å². The molecule has 0 spiro atoms. The third-order valence-corrected chi connectivity index (χ3v) is 4.22. The fraction of sp³-hybridized carbons (Fsp3) is 0.316. The molecule has 1 unspecified atom stereocenters. The summed E-state index contributed by atoms with van der Waals surface area (Å²) < 4.78 is 5.28. The Hall–Kier alpha value is -2.04. The van der Waals surface area contributed by atoms with Crippen LogP contribution in [0, 0.1) is 0 Å². The van der Waals surface area contributed by atoms with Crippen LogP contribution >= 0.6 is 11.6 Å². The Morgan fingerprint density at radius 2 is 1.96 bits per heavy atom. The molecule has 0 saturated carbocycles. The Kier molecular flexibility index (Phi) is 6.64. The van der Waals surface area contributed by atoms with Crippen molar-refractivity contribution in [1.29, 1.82) is 0 Å². The van der Waals surface area contributed by atoms with Gasteiger partial charge in [-0.25, -0.2) is 0 Å². The zero-order chi connectivity index (χ0) is 17.5. The number of carbonyl (C=O) groups is 1. The van der Waals surface area contributed by atoms with Crippen LogP contribution in [0.1, 0.15) is 19.4 Å². The SMILES string of the molecule is CCN(Cc1ccccc1)C(C)C(=O)Nc1cc(Cl)ccc1OC. The quantitative estimate of drug-likeness (QED) is 0.817. The van der Waals surface area contributed by atoms with Gasteiger partial charge >= 0.3 is 0 Å². The second-order valence-corrected chi connectivity index (χ2v) is 5.99. The van der Waals surface area contributed by atoms with Crippen molar-refractivity contribution < 1.29 is 9.53 Å².